The lowest BCUT2D eigenvalue weighted by atomic mass is 10.3. The SMILES string of the molecule is Cc1cc(C)n2nc(C(=O)OCCCOc3ccc(F)cc3)nc2n1. The summed E-state index contributed by atoms with van der Waals surface area (Å²) in [7, 11) is 0. The number of ether oxygens (including phenoxy) is 2. The van der Waals surface area contributed by atoms with Gasteiger partial charge >= 0.3 is 5.97 Å². The van der Waals surface area contributed by atoms with Gasteiger partial charge in [-0.15, -0.1) is 5.10 Å². The van der Waals surface area contributed by atoms with Crippen LogP contribution in [-0.4, -0.2) is 38.8 Å². The van der Waals surface area contributed by atoms with Gasteiger partial charge in [-0.25, -0.2) is 18.7 Å². The van der Waals surface area contributed by atoms with Crippen molar-refractivity contribution in [2.75, 3.05) is 13.2 Å². The largest absolute Gasteiger partial charge is 0.493 e. The topological polar surface area (TPSA) is 78.6 Å². The Hall–Kier alpha value is -3.03. The Morgan fingerprint density at radius 3 is 2.68 bits per heavy atom. The normalized spacial score (nSPS) is 10.8. The highest BCUT2D eigenvalue weighted by Crippen LogP contribution is 2.11. The minimum atomic E-state index is -0.607. The molecule has 130 valence electrons. The maximum absolute atomic E-state index is 12.8. The molecule has 0 spiro atoms. The molecule has 0 fully saturated rings. The van der Waals surface area contributed by atoms with E-state index in [1.165, 1.54) is 16.6 Å². The first-order chi connectivity index (χ1) is 12.0. The van der Waals surface area contributed by atoms with E-state index in [2.05, 4.69) is 15.1 Å². The van der Waals surface area contributed by atoms with Gasteiger partial charge in [0.05, 0.1) is 13.2 Å². The molecule has 0 aliphatic carbocycles. The molecule has 0 unspecified atom stereocenters. The van der Waals surface area contributed by atoms with Crippen molar-refractivity contribution >= 4 is 11.7 Å². The molecule has 0 aliphatic heterocycles. The van der Waals surface area contributed by atoms with Crippen molar-refractivity contribution in [3.8, 4) is 5.75 Å². The van der Waals surface area contributed by atoms with Crippen LogP contribution in [0.25, 0.3) is 5.78 Å². The van der Waals surface area contributed by atoms with Gasteiger partial charge in [0, 0.05) is 17.8 Å². The lowest BCUT2D eigenvalue weighted by Crippen LogP contribution is -2.11. The zero-order chi connectivity index (χ0) is 17.8. The number of hydrogen-bond donors (Lipinski definition) is 0. The molecule has 7 nitrogen and oxygen atoms in total. The van der Waals surface area contributed by atoms with Gasteiger partial charge in [-0.1, -0.05) is 0 Å². The Kier molecular flexibility index (Phi) is 4.87. The van der Waals surface area contributed by atoms with Crippen LogP contribution in [0, 0.1) is 19.7 Å². The van der Waals surface area contributed by atoms with E-state index >= 15 is 0 Å². The monoisotopic (exact) mass is 344 g/mol. The molecule has 0 atom stereocenters. The molecule has 0 bridgehead atoms. The van der Waals surface area contributed by atoms with Gasteiger partial charge in [-0.05, 0) is 44.2 Å². The number of nitrogens with zero attached hydrogens (tertiary/aromatic N) is 4. The van der Waals surface area contributed by atoms with Gasteiger partial charge in [0.1, 0.15) is 11.6 Å². The minimum Gasteiger partial charge on any atom is -0.493 e. The van der Waals surface area contributed by atoms with Gasteiger partial charge in [0.25, 0.3) is 11.6 Å². The van der Waals surface area contributed by atoms with E-state index < -0.39 is 5.97 Å². The van der Waals surface area contributed by atoms with E-state index in [0.717, 1.165) is 11.4 Å². The Bertz CT molecular complexity index is 893. The molecular weight excluding hydrogens is 327 g/mol. The molecule has 3 aromatic rings. The van der Waals surface area contributed by atoms with Crippen LogP contribution in [0.5, 0.6) is 5.75 Å². The van der Waals surface area contributed by atoms with E-state index in [1.54, 1.807) is 12.1 Å². The van der Waals surface area contributed by atoms with Crippen LogP contribution in [0.4, 0.5) is 4.39 Å². The number of carbonyl (C=O) groups excluding carboxylic acids is 1. The summed E-state index contributed by atoms with van der Waals surface area (Å²) in [6.45, 7) is 4.22. The fraction of sp³-hybridized carbons (Fsp3) is 0.294. The second-order valence-electron chi connectivity index (χ2n) is 5.48. The van der Waals surface area contributed by atoms with Crippen molar-refractivity contribution in [2.24, 2.45) is 0 Å². The Morgan fingerprint density at radius 2 is 1.92 bits per heavy atom. The number of aromatic nitrogens is 4. The Labute approximate surface area is 143 Å². The summed E-state index contributed by atoms with van der Waals surface area (Å²) in [5.41, 5.74) is 1.64. The van der Waals surface area contributed by atoms with Crippen LogP contribution in [0.15, 0.2) is 30.3 Å². The molecule has 0 saturated heterocycles. The number of halogens is 1. The second-order valence-corrected chi connectivity index (χ2v) is 5.48. The van der Waals surface area contributed by atoms with Crippen molar-refractivity contribution in [3.05, 3.63) is 53.4 Å². The van der Waals surface area contributed by atoms with Crippen molar-refractivity contribution < 1.29 is 18.7 Å². The smallest absolute Gasteiger partial charge is 0.378 e. The number of esters is 1. The molecule has 25 heavy (non-hydrogen) atoms. The predicted octanol–water partition coefficient (Wildman–Crippen LogP) is 2.51. The van der Waals surface area contributed by atoms with Gasteiger partial charge in [0.15, 0.2) is 0 Å². The summed E-state index contributed by atoms with van der Waals surface area (Å²) in [5.74, 6) is -0.0260. The molecule has 0 saturated carbocycles. The summed E-state index contributed by atoms with van der Waals surface area (Å²) in [4.78, 5) is 20.3. The molecule has 0 N–H and O–H groups in total. The Morgan fingerprint density at radius 1 is 1.16 bits per heavy atom. The number of benzene rings is 1. The molecule has 2 aromatic heterocycles. The number of fused-ring (bicyclic) bond motifs is 1. The minimum absolute atomic E-state index is 0.0272. The zero-order valence-corrected chi connectivity index (χ0v) is 13.9. The first kappa shape index (κ1) is 16.8. The van der Waals surface area contributed by atoms with Crippen LogP contribution in [0.1, 0.15) is 28.4 Å². The molecule has 8 heteroatoms. The lowest BCUT2D eigenvalue weighted by Gasteiger charge is -2.06. The number of rotatable bonds is 6. The highest BCUT2D eigenvalue weighted by atomic mass is 19.1. The highest BCUT2D eigenvalue weighted by Gasteiger charge is 2.16. The summed E-state index contributed by atoms with van der Waals surface area (Å²) >= 11 is 0. The van der Waals surface area contributed by atoms with Gasteiger partial charge in [0.2, 0.25) is 0 Å². The van der Waals surface area contributed by atoms with Crippen LogP contribution in [-0.2, 0) is 4.74 Å². The van der Waals surface area contributed by atoms with Crippen molar-refractivity contribution in [1.29, 1.82) is 0 Å². The summed E-state index contributed by atoms with van der Waals surface area (Å²) in [5, 5.41) is 4.11. The standard InChI is InChI=1S/C17H17FN4O3/c1-11-10-12(2)22-17(19-11)20-15(21-22)16(23)25-9-3-8-24-14-6-4-13(18)5-7-14/h4-7,10H,3,8-9H2,1-2H3. The molecular formula is C17H17FN4O3. The first-order valence-electron chi connectivity index (χ1n) is 7.79. The zero-order valence-electron chi connectivity index (χ0n) is 13.9. The van der Waals surface area contributed by atoms with Crippen LogP contribution >= 0.6 is 0 Å². The number of carbonyl (C=O) groups is 1. The predicted molar refractivity (Wildman–Crippen MR) is 87.1 cm³/mol. The maximum Gasteiger partial charge on any atom is 0.378 e. The van der Waals surface area contributed by atoms with E-state index in [-0.39, 0.29) is 18.2 Å². The third-order valence-corrected chi connectivity index (χ3v) is 3.41. The first-order valence-corrected chi connectivity index (χ1v) is 7.79. The quantitative estimate of drug-likeness (QED) is 0.505. The molecule has 0 amide bonds. The number of aryl methyl sites for hydroxylation is 2. The van der Waals surface area contributed by atoms with Gasteiger partial charge < -0.3 is 9.47 Å². The maximum atomic E-state index is 12.8. The lowest BCUT2D eigenvalue weighted by molar-refractivity contribution is 0.0472. The highest BCUT2D eigenvalue weighted by molar-refractivity contribution is 5.85. The summed E-state index contributed by atoms with van der Waals surface area (Å²) in [6.07, 6.45) is 0.493. The van der Waals surface area contributed by atoms with E-state index in [4.69, 9.17) is 9.47 Å². The Balaban J connectivity index is 1.49. The molecule has 2 heterocycles. The second kappa shape index (κ2) is 7.25. The van der Waals surface area contributed by atoms with Gasteiger partial charge in [-0.3, -0.25) is 0 Å². The van der Waals surface area contributed by atoms with E-state index in [9.17, 15) is 9.18 Å². The molecule has 0 aliphatic rings. The van der Waals surface area contributed by atoms with E-state index in [1.807, 2.05) is 19.9 Å². The van der Waals surface area contributed by atoms with Crippen molar-refractivity contribution in [2.45, 2.75) is 20.3 Å². The third kappa shape index (κ3) is 4.09. The van der Waals surface area contributed by atoms with Crippen LogP contribution < -0.4 is 4.74 Å². The fourth-order valence-electron chi connectivity index (χ4n) is 2.26. The summed E-state index contributed by atoms with van der Waals surface area (Å²) in [6, 6.07) is 7.58. The molecule has 3 rings (SSSR count). The average Bonchev–Trinajstić information content (AvgIpc) is 3.00. The van der Waals surface area contributed by atoms with Crippen molar-refractivity contribution in [1.82, 2.24) is 19.6 Å². The third-order valence-electron chi connectivity index (χ3n) is 3.41. The molecule has 1 aromatic carbocycles. The fourth-order valence-corrected chi connectivity index (χ4v) is 2.26. The molecule has 0 radical (unpaired) electrons. The number of hydrogen-bond acceptors (Lipinski definition) is 6. The van der Waals surface area contributed by atoms with Crippen molar-refractivity contribution in [3.63, 3.8) is 0 Å². The van der Waals surface area contributed by atoms with E-state index in [0.29, 0.717) is 24.6 Å². The van der Waals surface area contributed by atoms with Crippen LogP contribution in [0.3, 0.4) is 0 Å². The average molecular weight is 344 g/mol. The summed E-state index contributed by atoms with van der Waals surface area (Å²) < 4.78 is 24.8. The van der Waals surface area contributed by atoms with Crippen LogP contribution in [0.2, 0.25) is 0 Å². The van der Waals surface area contributed by atoms with Gasteiger partial charge in [-0.2, -0.15) is 4.98 Å².